The van der Waals surface area contributed by atoms with E-state index in [1.807, 2.05) is 6.92 Å². The summed E-state index contributed by atoms with van der Waals surface area (Å²) in [6.45, 7) is 2.17. The van der Waals surface area contributed by atoms with Gasteiger partial charge < -0.3 is 11.1 Å². The van der Waals surface area contributed by atoms with E-state index in [1.165, 1.54) is 0 Å². The van der Waals surface area contributed by atoms with Gasteiger partial charge in [0.15, 0.2) is 5.15 Å². The minimum atomic E-state index is -0.148. The van der Waals surface area contributed by atoms with Gasteiger partial charge in [0.2, 0.25) is 5.91 Å². The number of aromatic nitrogens is 1. The molecule has 1 amide bonds. The normalized spacial score (nSPS) is 9.93. The number of anilines is 1. The molecule has 0 aliphatic heterocycles. The number of pyridine rings is 1. The number of hydrogen-bond donors (Lipinski definition) is 2. The molecule has 0 aromatic carbocycles. The summed E-state index contributed by atoms with van der Waals surface area (Å²) in [6, 6.07) is 1.78. The number of carbonyl (C=O) groups excluding carboxylic acids is 1. The third kappa shape index (κ3) is 2.68. The Morgan fingerprint density at radius 3 is 3.00 bits per heavy atom. The van der Waals surface area contributed by atoms with Gasteiger partial charge in [-0.25, -0.2) is 4.98 Å². The fourth-order valence-corrected chi connectivity index (χ4v) is 1.26. The van der Waals surface area contributed by atoms with Crippen LogP contribution in [0.15, 0.2) is 12.3 Å². The number of rotatable bonds is 3. The summed E-state index contributed by atoms with van der Waals surface area (Å²) in [5, 5.41) is 2.97. The standard InChI is InChI=1S/C9H12ClN3O/c1-6-3-5-12-9(10)8(6)13-7(14)2-4-11/h3,5H,2,4,11H2,1H3,(H,13,14). The summed E-state index contributed by atoms with van der Waals surface area (Å²) in [4.78, 5) is 15.1. The highest BCUT2D eigenvalue weighted by molar-refractivity contribution is 6.32. The molecule has 3 N–H and O–H groups in total. The van der Waals surface area contributed by atoms with Crippen molar-refractivity contribution in [2.75, 3.05) is 11.9 Å². The van der Waals surface area contributed by atoms with Gasteiger partial charge in [-0.05, 0) is 18.6 Å². The lowest BCUT2D eigenvalue weighted by Crippen LogP contribution is -2.17. The van der Waals surface area contributed by atoms with Crippen LogP contribution in [0.4, 0.5) is 5.69 Å². The molecule has 76 valence electrons. The van der Waals surface area contributed by atoms with Crippen LogP contribution in [-0.2, 0) is 4.79 Å². The zero-order valence-electron chi connectivity index (χ0n) is 7.88. The zero-order chi connectivity index (χ0) is 10.6. The smallest absolute Gasteiger partial charge is 0.225 e. The van der Waals surface area contributed by atoms with Gasteiger partial charge in [0, 0.05) is 19.2 Å². The van der Waals surface area contributed by atoms with Crippen LogP contribution in [0.3, 0.4) is 0 Å². The Labute approximate surface area is 87.5 Å². The molecular weight excluding hydrogens is 202 g/mol. The van der Waals surface area contributed by atoms with Crippen LogP contribution in [-0.4, -0.2) is 17.4 Å². The first kappa shape index (κ1) is 10.9. The van der Waals surface area contributed by atoms with E-state index in [0.717, 1.165) is 5.56 Å². The Kier molecular flexibility index (Phi) is 3.85. The van der Waals surface area contributed by atoms with Crippen LogP contribution < -0.4 is 11.1 Å². The number of carbonyl (C=O) groups is 1. The number of hydrogen-bond acceptors (Lipinski definition) is 3. The minimum Gasteiger partial charge on any atom is -0.330 e. The number of nitrogens with one attached hydrogen (secondary N) is 1. The monoisotopic (exact) mass is 213 g/mol. The van der Waals surface area contributed by atoms with E-state index in [1.54, 1.807) is 12.3 Å². The molecule has 1 heterocycles. The number of nitrogens with two attached hydrogens (primary N) is 1. The molecule has 0 radical (unpaired) electrons. The predicted octanol–water partition coefficient (Wildman–Crippen LogP) is 1.33. The van der Waals surface area contributed by atoms with Crippen molar-refractivity contribution >= 4 is 23.2 Å². The van der Waals surface area contributed by atoms with Crippen LogP contribution in [0.1, 0.15) is 12.0 Å². The second-order valence-electron chi connectivity index (χ2n) is 2.88. The van der Waals surface area contributed by atoms with Crippen molar-refractivity contribution in [1.82, 2.24) is 4.98 Å². The van der Waals surface area contributed by atoms with E-state index >= 15 is 0 Å². The van der Waals surface area contributed by atoms with Crippen molar-refractivity contribution in [1.29, 1.82) is 0 Å². The lowest BCUT2D eigenvalue weighted by molar-refractivity contribution is -0.116. The minimum absolute atomic E-state index is 0.148. The molecule has 1 aromatic heterocycles. The largest absolute Gasteiger partial charge is 0.330 e. The van der Waals surface area contributed by atoms with Gasteiger partial charge in [-0.3, -0.25) is 4.79 Å². The number of nitrogens with zero attached hydrogens (tertiary/aromatic N) is 1. The first-order chi connectivity index (χ1) is 6.65. The van der Waals surface area contributed by atoms with Gasteiger partial charge >= 0.3 is 0 Å². The second kappa shape index (κ2) is 4.93. The van der Waals surface area contributed by atoms with Gasteiger partial charge in [0.25, 0.3) is 0 Å². The van der Waals surface area contributed by atoms with Crippen molar-refractivity contribution < 1.29 is 4.79 Å². The van der Waals surface area contributed by atoms with E-state index in [9.17, 15) is 4.79 Å². The highest BCUT2D eigenvalue weighted by Crippen LogP contribution is 2.22. The Balaban J connectivity index is 2.80. The molecule has 1 rings (SSSR count). The average molecular weight is 214 g/mol. The number of halogens is 1. The summed E-state index contributed by atoms with van der Waals surface area (Å²) in [5.74, 6) is -0.148. The van der Waals surface area contributed by atoms with E-state index in [4.69, 9.17) is 17.3 Å². The van der Waals surface area contributed by atoms with Crippen molar-refractivity contribution in [3.63, 3.8) is 0 Å². The molecule has 0 fully saturated rings. The molecule has 0 aliphatic rings. The zero-order valence-corrected chi connectivity index (χ0v) is 8.64. The molecule has 4 nitrogen and oxygen atoms in total. The van der Waals surface area contributed by atoms with Gasteiger partial charge in [0.05, 0.1) is 5.69 Å². The van der Waals surface area contributed by atoms with E-state index in [2.05, 4.69) is 10.3 Å². The molecule has 5 heteroatoms. The average Bonchev–Trinajstić information content (AvgIpc) is 2.12. The molecule has 0 saturated heterocycles. The Bertz CT molecular complexity index is 321. The summed E-state index contributed by atoms with van der Waals surface area (Å²) in [6.07, 6.45) is 1.88. The molecule has 0 aliphatic carbocycles. The molecule has 0 bridgehead atoms. The lowest BCUT2D eigenvalue weighted by Gasteiger charge is -2.08. The maximum absolute atomic E-state index is 11.2. The SMILES string of the molecule is Cc1ccnc(Cl)c1NC(=O)CCN. The molecule has 0 atom stereocenters. The maximum Gasteiger partial charge on any atom is 0.225 e. The highest BCUT2D eigenvalue weighted by Gasteiger charge is 2.07. The van der Waals surface area contributed by atoms with E-state index in [-0.39, 0.29) is 12.3 Å². The Morgan fingerprint density at radius 2 is 2.43 bits per heavy atom. The van der Waals surface area contributed by atoms with Crippen LogP contribution in [0, 0.1) is 6.92 Å². The van der Waals surface area contributed by atoms with Crippen LogP contribution in [0.25, 0.3) is 0 Å². The van der Waals surface area contributed by atoms with E-state index < -0.39 is 0 Å². The van der Waals surface area contributed by atoms with E-state index in [0.29, 0.717) is 17.4 Å². The maximum atomic E-state index is 11.2. The number of aryl methyl sites for hydroxylation is 1. The molecule has 0 spiro atoms. The third-order valence-corrected chi connectivity index (χ3v) is 2.04. The van der Waals surface area contributed by atoms with Gasteiger partial charge in [-0.2, -0.15) is 0 Å². The van der Waals surface area contributed by atoms with Crippen molar-refractivity contribution in [3.05, 3.63) is 23.0 Å². The van der Waals surface area contributed by atoms with Crippen molar-refractivity contribution in [2.24, 2.45) is 5.73 Å². The molecular formula is C9H12ClN3O. The molecule has 0 unspecified atom stereocenters. The summed E-state index contributed by atoms with van der Waals surface area (Å²) >= 11 is 5.82. The Morgan fingerprint density at radius 1 is 1.71 bits per heavy atom. The first-order valence-electron chi connectivity index (χ1n) is 4.26. The fraction of sp³-hybridized carbons (Fsp3) is 0.333. The quantitative estimate of drug-likeness (QED) is 0.745. The molecule has 0 saturated carbocycles. The summed E-state index contributed by atoms with van der Waals surface area (Å²) < 4.78 is 0. The van der Waals surface area contributed by atoms with Gasteiger partial charge in [-0.1, -0.05) is 11.6 Å². The van der Waals surface area contributed by atoms with Gasteiger partial charge in [0.1, 0.15) is 0 Å². The van der Waals surface area contributed by atoms with Gasteiger partial charge in [-0.15, -0.1) is 0 Å². The van der Waals surface area contributed by atoms with Crippen molar-refractivity contribution in [2.45, 2.75) is 13.3 Å². The fourth-order valence-electron chi connectivity index (χ4n) is 1.01. The van der Waals surface area contributed by atoms with Crippen molar-refractivity contribution in [3.8, 4) is 0 Å². The first-order valence-corrected chi connectivity index (χ1v) is 4.64. The third-order valence-electron chi connectivity index (χ3n) is 1.75. The topological polar surface area (TPSA) is 68.0 Å². The van der Waals surface area contributed by atoms with Crippen LogP contribution in [0.5, 0.6) is 0 Å². The Hall–Kier alpha value is -1.13. The summed E-state index contributed by atoms with van der Waals surface area (Å²) in [7, 11) is 0. The highest BCUT2D eigenvalue weighted by atomic mass is 35.5. The molecule has 1 aromatic rings. The second-order valence-corrected chi connectivity index (χ2v) is 3.24. The molecule has 14 heavy (non-hydrogen) atoms. The van der Waals surface area contributed by atoms with Crippen LogP contribution in [0.2, 0.25) is 5.15 Å². The summed E-state index contributed by atoms with van der Waals surface area (Å²) in [5.41, 5.74) is 6.70. The number of amides is 1. The lowest BCUT2D eigenvalue weighted by atomic mass is 10.2. The van der Waals surface area contributed by atoms with Crippen LogP contribution >= 0.6 is 11.6 Å². The predicted molar refractivity (Wildman–Crippen MR) is 56.3 cm³/mol.